The lowest BCUT2D eigenvalue weighted by Gasteiger charge is -2.05. The summed E-state index contributed by atoms with van der Waals surface area (Å²) in [5.41, 5.74) is 2.04. The molecule has 6 heteroatoms. The lowest BCUT2D eigenvalue weighted by Crippen LogP contribution is -2.32. The zero-order valence-corrected chi connectivity index (χ0v) is 8.68. The zero-order valence-electron chi connectivity index (χ0n) is 8.68. The number of pyridine rings is 1. The molecule has 0 bridgehead atoms. The fraction of sp³-hybridized carbons (Fsp3) is 0. The van der Waals surface area contributed by atoms with Crippen LogP contribution in [0.1, 0.15) is 20.8 Å². The van der Waals surface area contributed by atoms with Crippen molar-refractivity contribution in [2.75, 3.05) is 0 Å². The topological polar surface area (TPSA) is 105 Å². The molecule has 0 atom stereocenters. The van der Waals surface area contributed by atoms with Crippen LogP contribution in [-0.4, -0.2) is 22.0 Å². The second-order valence-corrected chi connectivity index (χ2v) is 3.36. The van der Waals surface area contributed by atoms with Crippen LogP contribution in [0.2, 0.25) is 0 Å². The number of para-hydroxylation sites is 1. The Hall–Kier alpha value is -2.47. The maximum absolute atomic E-state index is 11.4. The van der Waals surface area contributed by atoms with Gasteiger partial charge in [-0.2, -0.15) is 0 Å². The Kier molecular flexibility index (Phi) is 2.71. The largest absolute Gasteiger partial charge is 0.478 e. The van der Waals surface area contributed by atoms with Crippen LogP contribution in [0.25, 0.3) is 10.9 Å². The zero-order chi connectivity index (χ0) is 12.4. The van der Waals surface area contributed by atoms with Gasteiger partial charge in [-0.25, -0.2) is 15.6 Å². The normalized spacial score (nSPS) is 10.2. The molecule has 1 amide bonds. The standard InChI is InChI=1S/C11H9N3O3/c12-14-10(15)9-7(11(16)17)5-6-3-1-2-4-8(6)13-9/h1-5H,12H2,(H,14,15)(H,16,17). The molecule has 0 spiro atoms. The molecular weight excluding hydrogens is 222 g/mol. The SMILES string of the molecule is NNC(=O)c1nc2ccccc2cc1C(=O)O. The molecule has 0 radical (unpaired) electrons. The molecule has 17 heavy (non-hydrogen) atoms. The first-order valence-electron chi connectivity index (χ1n) is 4.77. The third-order valence-electron chi connectivity index (χ3n) is 2.30. The molecule has 0 aliphatic rings. The summed E-state index contributed by atoms with van der Waals surface area (Å²) < 4.78 is 0. The Morgan fingerprint density at radius 3 is 2.65 bits per heavy atom. The van der Waals surface area contributed by atoms with Gasteiger partial charge in [0.2, 0.25) is 0 Å². The van der Waals surface area contributed by atoms with Gasteiger partial charge in [0.05, 0.1) is 11.1 Å². The number of hydrogen-bond acceptors (Lipinski definition) is 4. The molecule has 1 heterocycles. The van der Waals surface area contributed by atoms with E-state index in [4.69, 9.17) is 10.9 Å². The van der Waals surface area contributed by atoms with Gasteiger partial charge in [0.25, 0.3) is 5.91 Å². The highest BCUT2D eigenvalue weighted by molar-refractivity contribution is 6.05. The fourth-order valence-electron chi connectivity index (χ4n) is 1.52. The van der Waals surface area contributed by atoms with Gasteiger partial charge in [0.15, 0.2) is 0 Å². The second kappa shape index (κ2) is 4.18. The van der Waals surface area contributed by atoms with Crippen molar-refractivity contribution in [1.82, 2.24) is 10.4 Å². The van der Waals surface area contributed by atoms with Crippen LogP contribution in [0.15, 0.2) is 30.3 Å². The molecule has 0 aliphatic heterocycles. The minimum Gasteiger partial charge on any atom is -0.478 e. The predicted molar refractivity (Wildman–Crippen MR) is 60.4 cm³/mol. The minimum absolute atomic E-state index is 0.174. The van der Waals surface area contributed by atoms with Crippen LogP contribution in [0.5, 0.6) is 0 Å². The van der Waals surface area contributed by atoms with Gasteiger partial charge < -0.3 is 5.11 Å². The Bertz CT molecular complexity index is 610. The van der Waals surface area contributed by atoms with Gasteiger partial charge >= 0.3 is 5.97 Å². The van der Waals surface area contributed by atoms with E-state index in [9.17, 15) is 9.59 Å². The van der Waals surface area contributed by atoms with E-state index in [0.717, 1.165) is 0 Å². The van der Waals surface area contributed by atoms with E-state index in [2.05, 4.69) is 4.98 Å². The number of nitrogens with one attached hydrogen (secondary N) is 1. The molecular formula is C11H9N3O3. The van der Waals surface area contributed by atoms with Crippen molar-refractivity contribution in [2.24, 2.45) is 5.84 Å². The number of rotatable bonds is 2. The summed E-state index contributed by atoms with van der Waals surface area (Å²) in [7, 11) is 0. The molecule has 0 saturated heterocycles. The van der Waals surface area contributed by atoms with E-state index in [1.54, 1.807) is 24.3 Å². The molecule has 6 nitrogen and oxygen atoms in total. The Morgan fingerprint density at radius 2 is 2.00 bits per heavy atom. The number of aromatic nitrogens is 1. The van der Waals surface area contributed by atoms with Gasteiger partial charge in [-0.3, -0.25) is 10.2 Å². The van der Waals surface area contributed by atoms with E-state index in [-0.39, 0.29) is 11.3 Å². The number of hydrogen-bond donors (Lipinski definition) is 3. The van der Waals surface area contributed by atoms with Crippen LogP contribution < -0.4 is 11.3 Å². The predicted octanol–water partition coefficient (Wildman–Crippen LogP) is 0.536. The summed E-state index contributed by atoms with van der Waals surface area (Å²) in [5, 5.41) is 9.66. The third-order valence-corrected chi connectivity index (χ3v) is 2.30. The average Bonchev–Trinajstić information content (AvgIpc) is 2.36. The van der Waals surface area contributed by atoms with Crippen molar-refractivity contribution in [3.63, 3.8) is 0 Å². The van der Waals surface area contributed by atoms with Crippen molar-refractivity contribution in [3.8, 4) is 0 Å². The maximum Gasteiger partial charge on any atom is 0.338 e. The van der Waals surface area contributed by atoms with E-state index in [1.807, 2.05) is 5.43 Å². The summed E-state index contributed by atoms with van der Waals surface area (Å²) in [6.07, 6.45) is 0. The number of carbonyl (C=O) groups is 2. The quantitative estimate of drug-likeness (QED) is 0.397. The number of aromatic carboxylic acids is 1. The highest BCUT2D eigenvalue weighted by Gasteiger charge is 2.18. The van der Waals surface area contributed by atoms with Crippen LogP contribution >= 0.6 is 0 Å². The average molecular weight is 231 g/mol. The first-order chi connectivity index (χ1) is 8.13. The molecule has 0 fully saturated rings. The van der Waals surface area contributed by atoms with Crippen LogP contribution in [-0.2, 0) is 0 Å². The van der Waals surface area contributed by atoms with Crippen molar-refractivity contribution < 1.29 is 14.7 Å². The molecule has 0 saturated carbocycles. The number of carbonyl (C=O) groups excluding carboxylic acids is 1. The summed E-state index contributed by atoms with van der Waals surface area (Å²) in [6, 6.07) is 8.32. The molecule has 2 rings (SSSR count). The highest BCUT2D eigenvalue weighted by Crippen LogP contribution is 2.16. The number of carboxylic acid groups (broad SMARTS) is 1. The minimum atomic E-state index is -1.22. The number of nitrogen functional groups attached to an aromatic ring is 1. The van der Waals surface area contributed by atoms with Crippen molar-refractivity contribution in [2.45, 2.75) is 0 Å². The van der Waals surface area contributed by atoms with Crippen LogP contribution in [0.4, 0.5) is 0 Å². The van der Waals surface area contributed by atoms with Crippen LogP contribution in [0, 0.1) is 0 Å². The molecule has 0 aliphatic carbocycles. The molecule has 1 aromatic carbocycles. The second-order valence-electron chi connectivity index (χ2n) is 3.36. The lowest BCUT2D eigenvalue weighted by molar-refractivity contribution is 0.0690. The summed E-state index contributed by atoms with van der Waals surface area (Å²) in [6.45, 7) is 0. The van der Waals surface area contributed by atoms with Crippen molar-refractivity contribution in [1.29, 1.82) is 0 Å². The smallest absolute Gasteiger partial charge is 0.338 e. The highest BCUT2D eigenvalue weighted by atomic mass is 16.4. The Labute approximate surface area is 96.0 Å². The van der Waals surface area contributed by atoms with Gasteiger partial charge in [-0.05, 0) is 12.1 Å². The van der Waals surface area contributed by atoms with E-state index < -0.39 is 11.9 Å². The van der Waals surface area contributed by atoms with Crippen LogP contribution in [0.3, 0.4) is 0 Å². The maximum atomic E-state index is 11.4. The molecule has 1 aromatic heterocycles. The lowest BCUT2D eigenvalue weighted by atomic mass is 10.1. The number of amides is 1. The first-order valence-corrected chi connectivity index (χ1v) is 4.77. The number of nitrogens with two attached hydrogens (primary N) is 1. The van der Waals surface area contributed by atoms with E-state index in [0.29, 0.717) is 10.9 Å². The number of benzene rings is 1. The van der Waals surface area contributed by atoms with Gasteiger partial charge in [0.1, 0.15) is 5.69 Å². The number of carboxylic acids is 1. The van der Waals surface area contributed by atoms with Gasteiger partial charge in [-0.1, -0.05) is 18.2 Å². The number of nitrogens with zero attached hydrogens (tertiary/aromatic N) is 1. The fourth-order valence-corrected chi connectivity index (χ4v) is 1.52. The summed E-state index contributed by atoms with van der Waals surface area (Å²) in [4.78, 5) is 26.4. The van der Waals surface area contributed by atoms with E-state index >= 15 is 0 Å². The molecule has 2 aromatic rings. The molecule has 86 valence electrons. The summed E-state index contributed by atoms with van der Waals surface area (Å²) in [5.74, 6) is 3.04. The first kappa shape index (κ1) is 11.0. The van der Waals surface area contributed by atoms with Crippen molar-refractivity contribution >= 4 is 22.8 Å². The monoisotopic (exact) mass is 231 g/mol. The number of hydrazine groups is 1. The van der Waals surface area contributed by atoms with E-state index in [1.165, 1.54) is 6.07 Å². The Morgan fingerprint density at radius 1 is 1.29 bits per heavy atom. The van der Waals surface area contributed by atoms with Crippen molar-refractivity contribution in [3.05, 3.63) is 41.6 Å². The number of fused-ring (bicyclic) bond motifs is 1. The van der Waals surface area contributed by atoms with Gasteiger partial charge in [0, 0.05) is 5.39 Å². The summed E-state index contributed by atoms with van der Waals surface area (Å²) >= 11 is 0. The third kappa shape index (κ3) is 1.93. The molecule has 0 unspecified atom stereocenters. The Balaban J connectivity index is 2.75. The van der Waals surface area contributed by atoms with Gasteiger partial charge in [-0.15, -0.1) is 0 Å². The molecule has 4 N–H and O–H groups in total.